The van der Waals surface area contributed by atoms with Gasteiger partial charge in [0.25, 0.3) is 0 Å². The number of carbonyl (C=O) groups is 2. The standard InChI is InChI=1S/C32H43FN6O2/c1-4-25(40)9-7-6-8-10-27(35-31(41)26-19-32(26)15-17-39(5-2)18-16-32)29-28(23-20-34-38(3)21-23)36-30(37-29)22-11-13-24(33)14-12-22/h11-14,20-21,26-27H,4-10,15-19H2,1-3H3,(H,35,41)(H,36,37)/t26?,27-/m0/s1. The number of ketones is 1. The zero-order chi connectivity index (χ0) is 29.0. The molecule has 2 atom stereocenters. The Hall–Kier alpha value is -3.33. The maximum absolute atomic E-state index is 13.7. The van der Waals surface area contributed by atoms with E-state index in [-0.39, 0.29) is 29.1 Å². The van der Waals surface area contributed by atoms with E-state index in [1.807, 2.05) is 20.2 Å². The number of aryl methyl sites for hydroxylation is 1. The highest BCUT2D eigenvalue weighted by Crippen LogP contribution is 2.59. The monoisotopic (exact) mass is 562 g/mol. The number of hydrogen-bond donors (Lipinski definition) is 2. The van der Waals surface area contributed by atoms with E-state index in [0.717, 1.165) is 87.1 Å². The molecular weight excluding hydrogens is 519 g/mol. The van der Waals surface area contributed by atoms with Gasteiger partial charge in [-0.3, -0.25) is 14.3 Å². The molecule has 2 fully saturated rings. The summed E-state index contributed by atoms with van der Waals surface area (Å²) in [5.74, 6) is 0.785. The fraction of sp³-hybridized carbons (Fsp3) is 0.562. The second-order valence-electron chi connectivity index (χ2n) is 11.9. The minimum atomic E-state index is -0.303. The summed E-state index contributed by atoms with van der Waals surface area (Å²) in [6.45, 7) is 7.29. The van der Waals surface area contributed by atoms with Crippen LogP contribution in [0.3, 0.4) is 0 Å². The molecule has 9 heteroatoms. The third kappa shape index (κ3) is 6.77. The van der Waals surface area contributed by atoms with Crippen molar-refractivity contribution in [1.82, 2.24) is 30.0 Å². The number of aromatic amines is 1. The van der Waals surface area contributed by atoms with Crippen molar-refractivity contribution in [3.05, 3.63) is 48.2 Å². The molecular formula is C32H43FN6O2. The SMILES string of the molecule is CCC(=O)CCCCC[C@H](NC(=O)C1CC12CCN(CC)CC2)c1[nH]c(-c2ccc(F)cc2)nc1-c1cnn(C)c1. The molecule has 0 bridgehead atoms. The molecule has 2 N–H and O–H groups in total. The summed E-state index contributed by atoms with van der Waals surface area (Å²) in [5, 5.41) is 7.77. The van der Waals surface area contributed by atoms with Crippen molar-refractivity contribution in [3.8, 4) is 22.6 Å². The first-order chi connectivity index (χ1) is 19.8. The fourth-order valence-corrected chi connectivity index (χ4v) is 6.32. The Kier molecular flexibility index (Phi) is 9.02. The van der Waals surface area contributed by atoms with E-state index in [0.29, 0.717) is 24.4 Å². The van der Waals surface area contributed by atoms with Crippen LogP contribution in [-0.4, -0.2) is 56.0 Å². The summed E-state index contributed by atoms with van der Waals surface area (Å²) in [6.07, 6.45) is 11.4. The van der Waals surface area contributed by atoms with Gasteiger partial charge < -0.3 is 15.2 Å². The van der Waals surface area contributed by atoms with Gasteiger partial charge in [-0.2, -0.15) is 5.10 Å². The second kappa shape index (κ2) is 12.7. The molecule has 2 aliphatic rings. The molecule has 220 valence electrons. The van der Waals surface area contributed by atoms with Crippen LogP contribution in [0.15, 0.2) is 36.7 Å². The highest BCUT2D eigenvalue weighted by Gasteiger charge is 2.58. The van der Waals surface area contributed by atoms with Gasteiger partial charge in [-0.25, -0.2) is 9.37 Å². The number of rotatable bonds is 13. The number of imidazole rings is 1. The van der Waals surface area contributed by atoms with E-state index in [9.17, 15) is 14.0 Å². The number of likely N-dealkylation sites (tertiary alicyclic amines) is 1. The van der Waals surface area contributed by atoms with Crippen LogP contribution in [0.4, 0.5) is 4.39 Å². The number of aromatic nitrogens is 4. The van der Waals surface area contributed by atoms with E-state index in [1.54, 1.807) is 23.0 Å². The topological polar surface area (TPSA) is 95.9 Å². The third-order valence-electron chi connectivity index (χ3n) is 9.14. The lowest BCUT2D eigenvalue weighted by Crippen LogP contribution is -2.37. The molecule has 1 amide bonds. The molecule has 1 aliphatic heterocycles. The van der Waals surface area contributed by atoms with Crippen LogP contribution >= 0.6 is 0 Å². The molecule has 1 unspecified atom stereocenters. The lowest BCUT2D eigenvalue weighted by Gasteiger charge is -2.32. The Morgan fingerprint density at radius 3 is 2.54 bits per heavy atom. The normalized spacial score (nSPS) is 18.9. The predicted octanol–water partition coefficient (Wildman–Crippen LogP) is 5.83. The number of unbranched alkanes of at least 4 members (excludes halogenated alkanes) is 2. The van der Waals surface area contributed by atoms with E-state index in [4.69, 9.17) is 4.98 Å². The average Bonchev–Trinajstić information content (AvgIpc) is 3.27. The van der Waals surface area contributed by atoms with E-state index in [2.05, 4.69) is 27.2 Å². The molecule has 8 nitrogen and oxygen atoms in total. The second-order valence-corrected chi connectivity index (χ2v) is 11.9. The smallest absolute Gasteiger partial charge is 0.224 e. The zero-order valence-electron chi connectivity index (χ0n) is 24.6. The van der Waals surface area contributed by atoms with Gasteiger partial charge in [-0.1, -0.05) is 26.7 Å². The number of carbonyl (C=O) groups excluding carboxylic acids is 2. The Labute approximate surface area is 242 Å². The number of H-pyrrole nitrogens is 1. The first-order valence-electron chi connectivity index (χ1n) is 15.2. The van der Waals surface area contributed by atoms with Gasteiger partial charge in [0.1, 0.15) is 17.4 Å². The number of benzene rings is 1. The van der Waals surface area contributed by atoms with Crippen molar-refractivity contribution in [1.29, 1.82) is 0 Å². The summed E-state index contributed by atoms with van der Waals surface area (Å²) in [4.78, 5) is 36.4. The van der Waals surface area contributed by atoms with Crippen molar-refractivity contribution in [2.75, 3.05) is 19.6 Å². The highest BCUT2D eigenvalue weighted by molar-refractivity contribution is 5.83. The number of halogens is 1. The molecule has 1 saturated carbocycles. The summed E-state index contributed by atoms with van der Waals surface area (Å²) in [7, 11) is 1.87. The Balaban J connectivity index is 1.39. The van der Waals surface area contributed by atoms with Crippen LogP contribution in [-0.2, 0) is 16.6 Å². The Morgan fingerprint density at radius 2 is 1.88 bits per heavy atom. The van der Waals surface area contributed by atoms with Crippen LogP contribution < -0.4 is 5.32 Å². The van der Waals surface area contributed by atoms with Crippen molar-refractivity contribution in [3.63, 3.8) is 0 Å². The molecule has 41 heavy (non-hydrogen) atoms. The van der Waals surface area contributed by atoms with Crippen LogP contribution in [0.1, 0.15) is 83.4 Å². The van der Waals surface area contributed by atoms with Crippen LogP contribution in [0, 0.1) is 17.2 Å². The minimum absolute atomic E-state index is 0.0486. The van der Waals surface area contributed by atoms with Crippen molar-refractivity contribution >= 4 is 11.7 Å². The molecule has 0 radical (unpaired) electrons. The van der Waals surface area contributed by atoms with Crippen molar-refractivity contribution < 1.29 is 14.0 Å². The third-order valence-corrected chi connectivity index (χ3v) is 9.14. The molecule has 1 aromatic carbocycles. The van der Waals surface area contributed by atoms with Gasteiger partial charge in [0, 0.05) is 43.1 Å². The van der Waals surface area contributed by atoms with Gasteiger partial charge in [-0.15, -0.1) is 0 Å². The summed E-state index contributed by atoms with van der Waals surface area (Å²) >= 11 is 0. The Bertz CT molecular complexity index is 1340. The van der Waals surface area contributed by atoms with Gasteiger partial charge in [0.15, 0.2) is 0 Å². The first-order valence-corrected chi connectivity index (χ1v) is 15.2. The minimum Gasteiger partial charge on any atom is -0.347 e. The number of nitrogens with one attached hydrogen (secondary N) is 2. The summed E-state index contributed by atoms with van der Waals surface area (Å²) in [5.41, 5.74) is 3.35. The zero-order valence-corrected chi connectivity index (χ0v) is 24.6. The summed E-state index contributed by atoms with van der Waals surface area (Å²) < 4.78 is 15.4. The molecule has 2 aromatic heterocycles. The summed E-state index contributed by atoms with van der Waals surface area (Å²) in [6, 6.07) is 6.00. The fourth-order valence-electron chi connectivity index (χ4n) is 6.32. The van der Waals surface area contributed by atoms with Crippen LogP contribution in [0.2, 0.25) is 0 Å². The number of Topliss-reactive ketones (excluding diaryl/α,β-unsaturated/α-hetero) is 1. The van der Waals surface area contributed by atoms with Gasteiger partial charge in [0.2, 0.25) is 5.91 Å². The van der Waals surface area contributed by atoms with Crippen LogP contribution in [0.5, 0.6) is 0 Å². The molecule has 1 aliphatic carbocycles. The van der Waals surface area contributed by atoms with Gasteiger partial charge in [0.05, 0.1) is 23.6 Å². The predicted molar refractivity (Wildman–Crippen MR) is 157 cm³/mol. The molecule has 5 rings (SSSR count). The number of hydrogen-bond acceptors (Lipinski definition) is 5. The van der Waals surface area contributed by atoms with Crippen LogP contribution in [0.25, 0.3) is 22.6 Å². The molecule has 3 heterocycles. The first kappa shape index (κ1) is 29.2. The molecule has 1 saturated heterocycles. The van der Waals surface area contributed by atoms with Gasteiger partial charge in [-0.05, 0) is 81.4 Å². The quantitative estimate of drug-likeness (QED) is 0.256. The van der Waals surface area contributed by atoms with E-state index in [1.165, 1.54) is 12.1 Å². The maximum Gasteiger partial charge on any atom is 0.224 e. The average molecular weight is 563 g/mol. The number of piperidine rings is 1. The number of nitrogens with zero attached hydrogens (tertiary/aromatic N) is 4. The van der Waals surface area contributed by atoms with Gasteiger partial charge >= 0.3 is 0 Å². The van der Waals surface area contributed by atoms with E-state index >= 15 is 0 Å². The van der Waals surface area contributed by atoms with E-state index < -0.39 is 0 Å². The highest BCUT2D eigenvalue weighted by atomic mass is 19.1. The molecule has 3 aromatic rings. The number of amides is 1. The Morgan fingerprint density at radius 1 is 1.12 bits per heavy atom. The maximum atomic E-state index is 13.7. The molecule has 1 spiro atoms. The lowest BCUT2D eigenvalue weighted by atomic mass is 9.90. The largest absolute Gasteiger partial charge is 0.347 e. The van der Waals surface area contributed by atoms with Crippen molar-refractivity contribution in [2.24, 2.45) is 18.4 Å². The van der Waals surface area contributed by atoms with Crippen molar-refractivity contribution in [2.45, 2.75) is 77.7 Å². The lowest BCUT2D eigenvalue weighted by molar-refractivity contribution is -0.124.